The number of amides is 2. The standard InChI is InChI=1S/C29H19NO4S/c31-27-25-23-18-6-1-2-7-19(18)24(21-9-4-3-8-20(21)23)26(25)28(32)30(27)16-11-13-17(14-12-16)34-29(33)22-10-5-15-35-22/h1-15,23-26H/t23?,24?,25-,26-/m1/s1. The first kappa shape index (κ1) is 20.4. The third-order valence-corrected chi connectivity index (χ3v) is 8.33. The van der Waals surface area contributed by atoms with E-state index in [4.69, 9.17) is 4.74 Å². The summed E-state index contributed by atoms with van der Waals surface area (Å²) >= 11 is 1.31. The van der Waals surface area contributed by atoms with Crippen molar-refractivity contribution >= 4 is 34.8 Å². The zero-order valence-corrected chi connectivity index (χ0v) is 19.3. The molecule has 6 heteroatoms. The molecule has 2 amide bonds. The quantitative estimate of drug-likeness (QED) is 0.226. The van der Waals surface area contributed by atoms with Gasteiger partial charge in [-0.3, -0.25) is 9.59 Å². The van der Waals surface area contributed by atoms with Gasteiger partial charge < -0.3 is 4.74 Å². The summed E-state index contributed by atoms with van der Waals surface area (Å²) in [6.07, 6.45) is 0. The molecule has 0 N–H and O–H groups in total. The number of imide groups is 1. The van der Waals surface area contributed by atoms with Gasteiger partial charge in [0, 0.05) is 11.8 Å². The van der Waals surface area contributed by atoms with Crippen molar-refractivity contribution in [2.45, 2.75) is 11.8 Å². The Bertz CT molecular complexity index is 1390. The second-order valence-corrected chi connectivity index (χ2v) is 10.1. The Morgan fingerprint density at radius 2 is 1.20 bits per heavy atom. The molecule has 35 heavy (non-hydrogen) atoms. The van der Waals surface area contributed by atoms with Gasteiger partial charge in [0.25, 0.3) is 0 Å². The maximum absolute atomic E-state index is 13.8. The van der Waals surface area contributed by atoms with Gasteiger partial charge in [-0.2, -0.15) is 0 Å². The summed E-state index contributed by atoms with van der Waals surface area (Å²) in [5.74, 6) is -1.51. The number of esters is 1. The molecule has 1 aliphatic heterocycles. The van der Waals surface area contributed by atoms with E-state index in [1.165, 1.54) is 16.2 Å². The summed E-state index contributed by atoms with van der Waals surface area (Å²) < 4.78 is 5.44. The Hall–Kier alpha value is -4.03. The fourth-order valence-electron chi connectivity index (χ4n) is 6.15. The van der Waals surface area contributed by atoms with Crippen molar-refractivity contribution in [3.8, 4) is 5.75 Å². The Labute approximate surface area is 205 Å². The maximum atomic E-state index is 13.8. The van der Waals surface area contributed by atoms with Crippen molar-refractivity contribution in [2.24, 2.45) is 11.8 Å². The van der Waals surface area contributed by atoms with Crippen LogP contribution in [0.1, 0.15) is 43.8 Å². The second kappa shape index (κ2) is 7.48. The second-order valence-electron chi connectivity index (χ2n) is 9.14. The van der Waals surface area contributed by atoms with Crippen LogP contribution in [-0.4, -0.2) is 17.8 Å². The highest BCUT2D eigenvalue weighted by molar-refractivity contribution is 7.12. The van der Waals surface area contributed by atoms with Crippen LogP contribution < -0.4 is 9.64 Å². The van der Waals surface area contributed by atoms with Crippen molar-refractivity contribution in [2.75, 3.05) is 4.90 Å². The molecule has 0 saturated carbocycles. The van der Waals surface area contributed by atoms with Crippen LogP contribution in [0.25, 0.3) is 0 Å². The molecule has 0 spiro atoms. The topological polar surface area (TPSA) is 63.7 Å². The Kier molecular flexibility index (Phi) is 4.35. The highest BCUT2D eigenvalue weighted by Crippen LogP contribution is 2.61. The predicted molar refractivity (Wildman–Crippen MR) is 132 cm³/mol. The number of nitrogens with zero attached hydrogens (tertiary/aromatic N) is 1. The lowest BCUT2D eigenvalue weighted by molar-refractivity contribution is -0.122. The maximum Gasteiger partial charge on any atom is 0.353 e. The molecule has 170 valence electrons. The minimum Gasteiger partial charge on any atom is -0.422 e. The van der Waals surface area contributed by atoms with Gasteiger partial charge in [-0.05, 0) is 58.0 Å². The minimum absolute atomic E-state index is 0.134. The molecule has 2 heterocycles. The van der Waals surface area contributed by atoms with Gasteiger partial charge >= 0.3 is 5.97 Å². The number of rotatable bonds is 3. The number of thiophene rings is 1. The van der Waals surface area contributed by atoms with Crippen molar-refractivity contribution < 1.29 is 19.1 Å². The molecule has 1 fully saturated rings. The highest BCUT2D eigenvalue weighted by Gasteiger charge is 2.61. The molecule has 2 bridgehead atoms. The van der Waals surface area contributed by atoms with Crippen LogP contribution in [-0.2, 0) is 9.59 Å². The van der Waals surface area contributed by atoms with Gasteiger partial charge in [-0.15, -0.1) is 11.3 Å². The van der Waals surface area contributed by atoms with Gasteiger partial charge in [-0.25, -0.2) is 9.69 Å². The lowest BCUT2D eigenvalue weighted by Crippen LogP contribution is -2.41. The van der Waals surface area contributed by atoms with Gasteiger partial charge in [0.15, 0.2) is 0 Å². The molecule has 4 aromatic rings. The number of carbonyl (C=O) groups excluding carboxylic acids is 3. The van der Waals surface area contributed by atoms with E-state index >= 15 is 0 Å². The van der Waals surface area contributed by atoms with Crippen LogP contribution in [0.15, 0.2) is 90.3 Å². The average molecular weight is 478 g/mol. The van der Waals surface area contributed by atoms with E-state index in [2.05, 4.69) is 24.3 Å². The largest absolute Gasteiger partial charge is 0.422 e. The highest BCUT2D eigenvalue weighted by atomic mass is 32.1. The Balaban J connectivity index is 1.24. The van der Waals surface area contributed by atoms with Crippen molar-refractivity contribution in [1.29, 1.82) is 0 Å². The normalized spacial score (nSPS) is 23.6. The summed E-state index contributed by atoms with van der Waals surface area (Å²) in [7, 11) is 0. The van der Waals surface area contributed by atoms with E-state index in [9.17, 15) is 14.4 Å². The third kappa shape index (κ3) is 2.83. The van der Waals surface area contributed by atoms with Crippen molar-refractivity contribution in [3.63, 3.8) is 0 Å². The van der Waals surface area contributed by atoms with Crippen molar-refractivity contribution in [1.82, 2.24) is 0 Å². The molecule has 1 saturated heterocycles. The lowest BCUT2D eigenvalue weighted by Gasteiger charge is -2.45. The SMILES string of the molecule is O=C(Oc1ccc(N2C(=O)[C@@H]3C4c5ccccc5C(c5ccccc54)[C@H]3C2=O)cc1)c1cccs1. The third-order valence-electron chi connectivity index (χ3n) is 7.48. The predicted octanol–water partition coefficient (Wildman–Crippen LogP) is 5.36. The Morgan fingerprint density at radius 3 is 1.66 bits per heavy atom. The molecule has 1 aromatic heterocycles. The van der Waals surface area contributed by atoms with Crippen LogP contribution in [0, 0.1) is 11.8 Å². The fourth-order valence-corrected chi connectivity index (χ4v) is 6.75. The number of ether oxygens (including phenoxy) is 1. The molecule has 0 unspecified atom stereocenters. The molecule has 3 aliphatic carbocycles. The van der Waals surface area contributed by atoms with E-state index in [1.54, 1.807) is 36.4 Å². The van der Waals surface area contributed by atoms with Gasteiger partial charge in [0.1, 0.15) is 10.6 Å². The van der Waals surface area contributed by atoms with Crippen LogP contribution >= 0.6 is 11.3 Å². The van der Waals surface area contributed by atoms with Gasteiger partial charge in [0.2, 0.25) is 11.8 Å². The van der Waals surface area contributed by atoms with E-state index in [0.29, 0.717) is 16.3 Å². The molecular weight excluding hydrogens is 458 g/mol. The monoisotopic (exact) mass is 477 g/mol. The molecule has 4 aliphatic rings. The zero-order chi connectivity index (χ0) is 23.7. The number of anilines is 1. The first-order valence-electron chi connectivity index (χ1n) is 11.5. The zero-order valence-electron chi connectivity index (χ0n) is 18.5. The average Bonchev–Trinajstić information content (AvgIpc) is 3.52. The van der Waals surface area contributed by atoms with Crippen LogP contribution in [0.3, 0.4) is 0 Å². The van der Waals surface area contributed by atoms with E-state index in [-0.39, 0.29) is 23.7 Å². The Morgan fingerprint density at radius 1 is 0.686 bits per heavy atom. The number of hydrogen-bond acceptors (Lipinski definition) is 5. The number of benzene rings is 3. The van der Waals surface area contributed by atoms with E-state index < -0.39 is 17.8 Å². The molecular formula is C29H19NO4S. The van der Waals surface area contributed by atoms with Crippen LogP contribution in [0.4, 0.5) is 5.69 Å². The summed E-state index contributed by atoms with van der Waals surface area (Å²) in [6.45, 7) is 0. The molecule has 3 aromatic carbocycles. The summed E-state index contributed by atoms with van der Waals surface area (Å²) in [4.78, 5) is 41.7. The smallest absolute Gasteiger partial charge is 0.353 e. The van der Waals surface area contributed by atoms with E-state index in [0.717, 1.165) is 22.3 Å². The van der Waals surface area contributed by atoms with Crippen LogP contribution in [0.2, 0.25) is 0 Å². The van der Waals surface area contributed by atoms with E-state index in [1.807, 2.05) is 29.6 Å². The molecule has 2 atom stereocenters. The van der Waals surface area contributed by atoms with Crippen molar-refractivity contribution in [3.05, 3.63) is 117 Å². The van der Waals surface area contributed by atoms with Crippen LogP contribution in [0.5, 0.6) is 5.75 Å². The first-order valence-corrected chi connectivity index (χ1v) is 12.4. The fraction of sp³-hybridized carbons (Fsp3) is 0.138. The molecule has 8 rings (SSSR count). The first-order chi connectivity index (χ1) is 17.1. The van der Waals surface area contributed by atoms with Gasteiger partial charge in [0.05, 0.1) is 17.5 Å². The summed E-state index contributed by atoms with van der Waals surface area (Å²) in [5, 5.41) is 1.81. The number of hydrogen-bond donors (Lipinski definition) is 0. The minimum atomic E-state index is -0.431. The van der Waals surface area contributed by atoms with Gasteiger partial charge in [-0.1, -0.05) is 54.6 Å². The lowest BCUT2D eigenvalue weighted by atomic mass is 9.55. The molecule has 0 radical (unpaired) electrons. The number of carbonyl (C=O) groups is 3. The molecule has 5 nitrogen and oxygen atoms in total. The summed E-state index contributed by atoms with van der Waals surface area (Å²) in [6, 6.07) is 26.5. The summed E-state index contributed by atoms with van der Waals surface area (Å²) in [5.41, 5.74) is 5.10.